The Hall–Kier alpha value is -0.810. The molecule has 2 rings (SSSR count). The van der Waals surface area contributed by atoms with Gasteiger partial charge in [-0.15, -0.1) is 0 Å². The third-order valence-corrected chi connectivity index (χ3v) is 6.71. The Labute approximate surface area is 214 Å². The molecular weight excluding hydrogens is 455 g/mol. The van der Waals surface area contributed by atoms with Crippen LogP contribution in [0.4, 0.5) is 0 Å². The summed E-state index contributed by atoms with van der Waals surface area (Å²) < 4.78 is 4.99. The lowest BCUT2D eigenvalue weighted by Crippen LogP contribution is -2.39. The van der Waals surface area contributed by atoms with E-state index in [4.69, 9.17) is 27.9 Å². The van der Waals surface area contributed by atoms with Gasteiger partial charge in [0.25, 0.3) is 0 Å². The molecule has 1 saturated heterocycles. The van der Waals surface area contributed by atoms with Crippen LogP contribution in [0, 0.1) is 12.8 Å². The highest BCUT2D eigenvalue weighted by Crippen LogP contribution is 2.24. The van der Waals surface area contributed by atoms with Crippen molar-refractivity contribution in [1.29, 1.82) is 0 Å². The molecular formula is C27H48Cl2N2O2. The number of methoxy groups -OCH3 is 1. The summed E-state index contributed by atoms with van der Waals surface area (Å²) in [6, 6.07) is 5.58. The molecule has 0 bridgehead atoms. The zero-order valence-corrected chi connectivity index (χ0v) is 23.5. The van der Waals surface area contributed by atoms with Crippen molar-refractivity contribution in [1.82, 2.24) is 9.80 Å². The number of hydrogen-bond donors (Lipinski definition) is 0. The lowest BCUT2D eigenvalue weighted by molar-refractivity contribution is -0.133. The summed E-state index contributed by atoms with van der Waals surface area (Å²) in [5.41, 5.74) is 1.02. The minimum absolute atomic E-state index is 0.261. The first-order valence-corrected chi connectivity index (χ1v) is 13.6. The summed E-state index contributed by atoms with van der Waals surface area (Å²) >= 11 is 11.4. The number of aryl methyl sites for hydroxylation is 1. The van der Waals surface area contributed by atoms with Crippen molar-refractivity contribution in [3.63, 3.8) is 0 Å². The van der Waals surface area contributed by atoms with E-state index in [0.29, 0.717) is 23.1 Å². The fourth-order valence-electron chi connectivity index (χ4n) is 4.00. The largest absolute Gasteiger partial charge is 0.384 e. The van der Waals surface area contributed by atoms with E-state index in [2.05, 4.69) is 18.7 Å². The third kappa shape index (κ3) is 14.2. The van der Waals surface area contributed by atoms with Gasteiger partial charge in [-0.2, -0.15) is 0 Å². The summed E-state index contributed by atoms with van der Waals surface area (Å²) in [6.45, 7) is 16.6. The Morgan fingerprint density at radius 3 is 2.18 bits per heavy atom. The van der Waals surface area contributed by atoms with E-state index in [1.807, 2.05) is 37.8 Å². The van der Waals surface area contributed by atoms with Crippen molar-refractivity contribution in [2.75, 3.05) is 46.4 Å². The van der Waals surface area contributed by atoms with E-state index in [-0.39, 0.29) is 5.91 Å². The Kier molecular flexibility index (Phi) is 20.0. The molecule has 6 heteroatoms. The summed E-state index contributed by atoms with van der Waals surface area (Å²) in [4.78, 5) is 16.6. The molecule has 1 aliphatic rings. The van der Waals surface area contributed by atoms with E-state index in [1.54, 1.807) is 13.2 Å². The molecule has 192 valence electrons. The normalized spacial score (nSPS) is 13.8. The number of hydrogen-bond acceptors (Lipinski definition) is 3. The van der Waals surface area contributed by atoms with Crippen LogP contribution in [0.1, 0.15) is 78.2 Å². The number of halogens is 2. The van der Waals surface area contributed by atoms with E-state index >= 15 is 0 Å². The van der Waals surface area contributed by atoms with Crippen molar-refractivity contribution in [3.8, 4) is 0 Å². The van der Waals surface area contributed by atoms with Gasteiger partial charge in [-0.25, -0.2) is 0 Å². The molecule has 0 atom stereocenters. The predicted molar refractivity (Wildman–Crippen MR) is 145 cm³/mol. The van der Waals surface area contributed by atoms with Crippen LogP contribution in [0.15, 0.2) is 18.2 Å². The third-order valence-electron chi connectivity index (χ3n) is 5.80. The molecule has 0 aromatic heterocycles. The number of amides is 1. The summed E-state index contributed by atoms with van der Waals surface area (Å²) in [6.07, 6.45) is 8.03. The first-order chi connectivity index (χ1) is 15.9. The molecule has 1 amide bonds. The number of nitrogens with zero attached hydrogens (tertiary/aromatic N) is 2. The molecule has 0 unspecified atom stereocenters. The zero-order valence-electron chi connectivity index (χ0n) is 22.0. The predicted octanol–water partition coefficient (Wildman–Crippen LogP) is 7.49. The minimum Gasteiger partial charge on any atom is -0.384 e. The van der Waals surface area contributed by atoms with E-state index in [0.717, 1.165) is 24.6 Å². The fourth-order valence-corrected chi connectivity index (χ4v) is 4.35. The van der Waals surface area contributed by atoms with Crippen LogP contribution in [0.25, 0.3) is 0 Å². The van der Waals surface area contributed by atoms with Gasteiger partial charge in [0.2, 0.25) is 5.91 Å². The molecule has 33 heavy (non-hydrogen) atoms. The maximum atomic E-state index is 12.0. The van der Waals surface area contributed by atoms with Crippen LogP contribution in [0.2, 0.25) is 10.0 Å². The van der Waals surface area contributed by atoms with E-state index in [1.165, 1.54) is 58.2 Å². The van der Waals surface area contributed by atoms with Crippen LogP contribution in [0.5, 0.6) is 0 Å². The standard InChI is InChI=1S/C18H36N2O2.C7H6Cl2.C2H6/c1-4-11-19(12-5-2)13-6-7-17-8-14-20(15-9-17)18(21)10-16-22-3;1-5-3-2-4-6(8)7(5)9;1-2/h17H,4-16H2,1-3H3;2-4H,1H3;1-2H3. The molecule has 1 fully saturated rings. The smallest absolute Gasteiger partial charge is 0.224 e. The van der Waals surface area contributed by atoms with Gasteiger partial charge in [-0.1, -0.05) is 63.0 Å². The molecule has 0 spiro atoms. The Bertz CT molecular complexity index is 594. The van der Waals surface area contributed by atoms with Gasteiger partial charge in [0.1, 0.15) is 0 Å². The number of ether oxygens (including phenoxy) is 1. The number of likely N-dealkylation sites (tertiary alicyclic amines) is 1. The van der Waals surface area contributed by atoms with Gasteiger partial charge in [0.15, 0.2) is 0 Å². The van der Waals surface area contributed by atoms with E-state index in [9.17, 15) is 4.79 Å². The summed E-state index contributed by atoms with van der Waals surface area (Å²) in [7, 11) is 1.65. The average molecular weight is 504 g/mol. The number of benzene rings is 1. The van der Waals surface area contributed by atoms with Gasteiger partial charge in [0, 0.05) is 20.2 Å². The van der Waals surface area contributed by atoms with Crippen molar-refractivity contribution in [2.24, 2.45) is 5.92 Å². The Balaban J connectivity index is 0.000000770. The van der Waals surface area contributed by atoms with Gasteiger partial charge in [-0.05, 0) is 82.6 Å². The van der Waals surface area contributed by atoms with Crippen molar-refractivity contribution < 1.29 is 9.53 Å². The number of piperidine rings is 1. The van der Waals surface area contributed by atoms with Crippen molar-refractivity contribution in [3.05, 3.63) is 33.8 Å². The lowest BCUT2D eigenvalue weighted by Gasteiger charge is -2.32. The fraction of sp³-hybridized carbons (Fsp3) is 0.741. The first-order valence-electron chi connectivity index (χ1n) is 12.8. The quantitative estimate of drug-likeness (QED) is 0.314. The first kappa shape index (κ1) is 32.2. The molecule has 1 heterocycles. The molecule has 1 aliphatic heterocycles. The molecule has 0 saturated carbocycles. The van der Waals surface area contributed by atoms with Gasteiger partial charge < -0.3 is 14.5 Å². The number of carbonyl (C=O) groups is 1. The van der Waals surface area contributed by atoms with Gasteiger partial charge >= 0.3 is 0 Å². The van der Waals surface area contributed by atoms with Crippen LogP contribution < -0.4 is 0 Å². The topological polar surface area (TPSA) is 32.8 Å². The minimum atomic E-state index is 0.261. The second-order valence-electron chi connectivity index (χ2n) is 8.42. The maximum absolute atomic E-state index is 12.0. The second kappa shape index (κ2) is 20.6. The summed E-state index contributed by atoms with van der Waals surface area (Å²) in [5, 5.41) is 1.27. The number of rotatable bonds is 11. The SMILES string of the molecule is CC.CCCN(CCC)CCCC1CCN(C(=O)CCOC)CC1.Cc1cccc(Cl)c1Cl. The molecule has 0 radical (unpaired) electrons. The molecule has 1 aromatic rings. The zero-order chi connectivity index (χ0) is 25.1. The highest BCUT2D eigenvalue weighted by Gasteiger charge is 2.22. The van der Waals surface area contributed by atoms with Crippen LogP contribution in [-0.2, 0) is 9.53 Å². The Morgan fingerprint density at radius 1 is 1.09 bits per heavy atom. The van der Waals surface area contributed by atoms with Crippen molar-refractivity contribution >= 4 is 29.1 Å². The highest BCUT2D eigenvalue weighted by molar-refractivity contribution is 6.42. The molecule has 4 nitrogen and oxygen atoms in total. The number of carbonyl (C=O) groups excluding carboxylic acids is 1. The van der Waals surface area contributed by atoms with Crippen molar-refractivity contribution in [2.45, 2.75) is 79.6 Å². The highest BCUT2D eigenvalue weighted by atomic mass is 35.5. The van der Waals surface area contributed by atoms with Crippen LogP contribution >= 0.6 is 23.2 Å². The molecule has 0 aliphatic carbocycles. The van der Waals surface area contributed by atoms with Gasteiger partial charge in [0.05, 0.1) is 23.1 Å². The average Bonchev–Trinajstić information content (AvgIpc) is 2.83. The van der Waals surface area contributed by atoms with Crippen LogP contribution in [-0.4, -0.2) is 62.1 Å². The second-order valence-corrected chi connectivity index (χ2v) is 9.21. The monoisotopic (exact) mass is 502 g/mol. The van der Waals surface area contributed by atoms with E-state index < -0.39 is 0 Å². The Morgan fingerprint density at radius 2 is 1.70 bits per heavy atom. The lowest BCUT2D eigenvalue weighted by atomic mass is 9.92. The molecule has 1 aromatic carbocycles. The molecule has 0 N–H and O–H groups in total. The summed E-state index contributed by atoms with van der Waals surface area (Å²) in [5.74, 6) is 1.08. The maximum Gasteiger partial charge on any atom is 0.224 e. The van der Waals surface area contributed by atoms with Gasteiger partial charge in [-0.3, -0.25) is 4.79 Å². The van der Waals surface area contributed by atoms with Crippen LogP contribution in [0.3, 0.4) is 0 Å².